The Morgan fingerprint density at radius 3 is 2.67 bits per heavy atom. The summed E-state index contributed by atoms with van der Waals surface area (Å²) in [5.41, 5.74) is 1.64. The standard InChI is InChI=1S/C12H12ClN3O2/c1-3-18-12(17)10-11(16(2)15-14-10)8-4-6-9(13)7-5-8/h4-7H,3H2,1-2H3. The fourth-order valence-electron chi connectivity index (χ4n) is 1.63. The van der Waals surface area contributed by atoms with Gasteiger partial charge in [-0.1, -0.05) is 28.9 Å². The van der Waals surface area contributed by atoms with Gasteiger partial charge in [0, 0.05) is 17.6 Å². The van der Waals surface area contributed by atoms with E-state index < -0.39 is 5.97 Å². The summed E-state index contributed by atoms with van der Waals surface area (Å²) in [6, 6.07) is 7.12. The van der Waals surface area contributed by atoms with Crippen LogP contribution in [0.2, 0.25) is 5.02 Å². The number of halogens is 1. The Labute approximate surface area is 109 Å². The molecule has 0 amide bonds. The summed E-state index contributed by atoms with van der Waals surface area (Å²) >= 11 is 5.84. The van der Waals surface area contributed by atoms with Gasteiger partial charge in [-0.15, -0.1) is 5.10 Å². The van der Waals surface area contributed by atoms with Crippen LogP contribution in [0.3, 0.4) is 0 Å². The SMILES string of the molecule is CCOC(=O)c1nnn(C)c1-c1ccc(Cl)cc1. The average Bonchev–Trinajstić information content (AvgIpc) is 2.73. The highest BCUT2D eigenvalue weighted by atomic mass is 35.5. The fraction of sp³-hybridized carbons (Fsp3) is 0.250. The third kappa shape index (κ3) is 2.36. The van der Waals surface area contributed by atoms with Crippen LogP contribution in [0.5, 0.6) is 0 Å². The van der Waals surface area contributed by atoms with Crippen LogP contribution < -0.4 is 0 Å². The van der Waals surface area contributed by atoms with Gasteiger partial charge in [-0.2, -0.15) is 0 Å². The predicted octanol–water partition coefficient (Wildman–Crippen LogP) is 2.31. The maximum absolute atomic E-state index is 11.8. The van der Waals surface area contributed by atoms with Crippen molar-refractivity contribution in [1.82, 2.24) is 15.0 Å². The molecule has 0 N–H and O–H groups in total. The molecule has 0 unspecified atom stereocenters. The van der Waals surface area contributed by atoms with Crippen LogP contribution in [0, 0.1) is 0 Å². The normalized spacial score (nSPS) is 10.4. The first kappa shape index (κ1) is 12.6. The molecule has 0 aliphatic carbocycles. The number of benzene rings is 1. The smallest absolute Gasteiger partial charge is 0.361 e. The molecule has 18 heavy (non-hydrogen) atoms. The van der Waals surface area contributed by atoms with E-state index in [-0.39, 0.29) is 5.69 Å². The Balaban J connectivity index is 2.46. The third-order valence-corrected chi connectivity index (χ3v) is 2.67. The van der Waals surface area contributed by atoms with Crippen molar-refractivity contribution in [2.45, 2.75) is 6.92 Å². The number of hydrogen-bond acceptors (Lipinski definition) is 4. The zero-order valence-corrected chi connectivity index (χ0v) is 10.8. The average molecular weight is 266 g/mol. The molecule has 5 nitrogen and oxygen atoms in total. The third-order valence-electron chi connectivity index (χ3n) is 2.41. The van der Waals surface area contributed by atoms with Crippen LogP contribution in [0.1, 0.15) is 17.4 Å². The van der Waals surface area contributed by atoms with Gasteiger partial charge in [-0.05, 0) is 19.1 Å². The molecule has 0 fully saturated rings. The Bertz CT molecular complexity index is 563. The van der Waals surface area contributed by atoms with E-state index >= 15 is 0 Å². The van der Waals surface area contributed by atoms with Crippen LogP contribution in [-0.4, -0.2) is 27.6 Å². The summed E-state index contributed by atoms with van der Waals surface area (Å²) < 4.78 is 6.48. The van der Waals surface area contributed by atoms with Crippen molar-refractivity contribution in [3.63, 3.8) is 0 Å². The second-order valence-corrected chi connectivity index (χ2v) is 4.07. The summed E-state index contributed by atoms with van der Waals surface area (Å²) in [6.07, 6.45) is 0. The lowest BCUT2D eigenvalue weighted by Gasteiger charge is -2.04. The minimum atomic E-state index is -0.476. The van der Waals surface area contributed by atoms with E-state index in [0.717, 1.165) is 5.56 Å². The Hall–Kier alpha value is -1.88. The molecule has 0 aliphatic rings. The van der Waals surface area contributed by atoms with Crippen molar-refractivity contribution < 1.29 is 9.53 Å². The topological polar surface area (TPSA) is 57.0 Å². The lowest BCUT2D eigenvalue weighted by molar-refractivity contribution is 0.0520. The number of aryl methyl sites for hydroxylation is 1. The first-order valence-electron chi connectivity index (χ1n) is 5.46. The summed E-state index contributed by atoms with van der Waals surface area (Å²) in [5.74, 6) is -0.476. The van der Waals surface area contributed by atoms with E-state index in [1.165, 1.54) is 4.68 Å². The molecular formula is C12H12ClN3O2. The fourth-order valence-corrected chi connectivity index (χ4v) is 1.75. The number of hydrogen-bond donors (Lipinski definition) is 0. The molecule has 1 aromatic heterocycles. The highest BCUT2D eigenvalue weighted by Gasteiger charge is 2.20. The van der Waals surface area contributed by atoms with Gasteiger partial charge >= 0.3 is 5.97 Å². The molecule has 0 saturated heterocycles. The van der Waals surface area contributed by atoms with Crippen LogP contribution in [0.15, 0.2) is 24.3 Å². The molecule has 0 bridgehead atoms. The molecule has 0 atom stereocenters. The van der Waals surface area contributed by atoms with E-state index in [0.29, 0.717) is 17.3 Å². The van der Waals surface area contributed by atoms with E-state index in [1.807, 2.05) is 12.1 Å². The van der Waals surface area contributed by atoms with Crippen molar-refractivity contribution in [2.75, 3.05) is 6.61 Å². The highest BCUT2D eigenvalue weighted by molar-refractivity contribution is 6.30. The Kier molecular flexibility index (Phi) is 3.62. The first-order chi connectivity index (χ1) is 8.63. The largest absolute Gasteiger partial charge is 0.461 e. The van der Waals surface area contributed by atoms with E-state index in [1.54, 1.807) is 26.1 Å². The van der Waals surface area contributed by atoms with E-state index in [9.17, 15) is 4.79 Å². The first-order valence-corrected chi connectivity index (χ1v) is 5.84. The van der Waals surface area contributed by atoms with Crippen LogP contribution in [0.4, 0.5) is 0 Å². The van der Waals surface area contributed by atoms with Gasteiger partial charge in [0.05, 0.1) is 6.61 Å². The Morgan fingerprint density at radius 2 is 2.06 bits per heavy atom. The molecule has 2 rings (SSSR count). The van der Waals surface area contributed by atoms with Crippen LogP contribution in [-0.2, 0) is 11.8 Å². The van der Waals surface area contributed by atoms with E-state index in [2.05, 4.69) is 10.3 Å². The number of ether oxygens (including phenoxy) is 1. The molecule has 2 aromatic rings. The minimum Gasteiger partial charge on any atom is -0.461 e. The molecule has 0 aliphatic heterocycles. The van der Waals surface area contributed by atoms with Crippen molar-refractivity contribution in [1.29, 1.82) is 0 Å². The quantitative estimate of drug-likeness (QED) is 0.799. The van der Waals surface area contributed by atoms with Gasteiger partial charge in [-0.25, -0.2) is 9.48 Å². The van der Waals surface area contributed by atoms with Crippen LogP contribution >= 0.6 is 11.6 Å². The minimum absolute atomic E-state index is 0.210. The maximum Gasteiger partial charge on any atom is 0.361 e. The van der Waals surface area contributed by atoms with Gasteiger partial charge in [0.15, 0.2) is 5.69 Å². The van der Waals surface area contributed by atoms with Gasteiger partial charge in [0.1, 0.15) is 5.69 Å². The highest BCUT2D eigenvalue weighted by Crippen LogP contribution is 2.23. The predicted molar refractivity (Wildman–Crippen MR) is 67.4 cm³/mol. The summed E-state index contributed by atoms with van der Waals surface area (Å²) in [7, 11) is 1.72. The molecule has 0 spiro atoms. The van der Waals surface area contributed by atoms with Gasteiger partial charge in [-0.3, -0.25) is 0 Å². The van der Waals surface area contributed by atoms with Crippen molar-refractivity contribution >= 4 is 17.6 Å². The molecule has 1 aromatic carbocycles. The number of carbonyl (C=O) groups excluding carboxylic acids is 1. The molecule has 0 radical (unpaired) electrons. The second-order valence-electron chi connectivity index (χ2n) is 3.64. The molecular weight excluding hydrogens is 254 g/mol. The number of rotatable bonds is 3. The molecule has 94 valence electrons. The maximum atomic E-state index is 11.8. The van der Waals surface area contributed by atoms with E-state index in [4.69, 9.17) is 16.3 Å². The molecule has 6 heteroatoms. The van der Waals surface area contributed by atoms with Gasteiger partial charge in [0.2, 0.25) is 0 Å². The molecule has 1 heterocycles. The number of esters is 1. The number of carbonyl (C=O) groups is 1. The molecule has 0 saturated carbocycles. The van der Waals surface area contributed by atoms with Crippen LogP contribution in [0.25, 0.3) is 11.3 Å². The van der Waals surface area contributed by atoms with Crippen molar-refractivity contribution in [3.8, 4) is 11.3 Å². The summed E-state index contributed by atoms with van der Waals surface area (Å²) in [4.78, 5) is 11.8. The van der Waals surface area contributed by atoms with Gasteiger partial charge in [0.25, 0.3) is 0 Å². The second kappa shape index (κ2) is 5.18. The van der Waals surface area contributed by atoms with Gasteiger partial charge < -0.3 is 4.74 Å². The lowest BCUT2D eigenvalue weighted by atomic mass is 10.1. The zero-order chi connectivity index (χ0) is 13.1. The Morgan fingerprint density at radius 1 is 1.39 bits per heavy atom. The lowest BCUT2D eigenvalue weighted by Crippen LogP contribution is -2.07. The number of aromatic nitrogens is 3. The summed E-state index contributed by atoms with van der Waals surface area (Å²) in [5, 5.41) is 8.32. The number of nitrogens with zero attached hydrogens (tertiary/aromatic N) is 3. The summed E-state index contributed by atoms with van der Waals surface area (Å²) in [6.45, 7) is 2.05. The van der Waals surface area contributed by atoms with Crippen molar-refractivity contribution in [3.05, 3.63) is 35.0 Å². The monoisotopic (exact) mass is 265 g/mol. The zero-order valence-electron chi connectivity index (χ0n) is 10.1. The van der Waals surface area contributed by atoms with Crippen molar-refractivity contribution in [2.24, 2.45) is 7.05 Å².